The summed E-state index contributed by atoms with van der Waals surface area (Å²) in [6.07, 6.45) is 5.06. The zero-order valence-electron chi connectivity index (χ0n) is 19.3. The van der Waals surface area contributed by atoms with Crippen LogP contribution in [0.2, 0.25) is 0 Å². The molecule has 0 atom stereocenters. The van der Waals surface area contributed by atoms with Crippen LogP contribution in [-0.2, 0) is 11.3 Å². The molecule has 0 unspecified atom stereocenters. The normalized spacial score (nSPS) is 15.5. The second kappa shape index (κ2) is 9.60. The maximum absolute atomic E-state index is 12.6. The van der Waals surface area contributed by atoms with Crippen molar-refractivity contribution in [2.75, 3.05) is 18.4 Å². The number of carbonyl (C=O) groups excluding carboxylic acids is 2. The van der Waals surface area contributed by atoms with Crippen molar-refractivity contribution in [2.24, 2.45) is 5.92 Å². The van der Waals surface area contributed by atoms with Gasteiger partial charge in [0.15, 0.2) is 0 Å². The minimum Gasteiger partial charge on any atom is -0.351 e. The fourth-order valence-corrected chi connectivity index (χ4v) is 3.99. The second-order valence-electron chi connectivity index (χ2n) is 9.70. The number of benzene rings is 1. The van der Waals surface area contributed by atoms with Gasteiger partial charge in [-0.05, 0) is 95.4 Å². The van der Waals surface area contributed by atoms with E-state index < -0.39 is 0 Å². The molecule has 2 amide bonds. The number of pyridine rings is 1. The Morgan fingerprint density at radius 2 is 1.74 bits per heavy atom. The molecule has 2 N–H and O–H groups in total. The Kier molecular flexibility index (Phi) is 7.11. The van der Waals surface area contributed by atoms with Crippen molar-refractivity contribution >= 4 is 17.5 Å². The molecule has 1 aromatic carbocycles. The van der Waals surface area contributed by atoms with Crippen LogP contribution in [0, 0.1) is 19.8 Å². The monoisotopic (exact) mass is 422 g/mol. The van der Waals surface area contributed by atoms with Crippen molar-refractivity contribution in [1.82, 2.24) is 15.2 Å². The molecule has 0 spiro atoms. The van der Waals surface area contributed by atoms with Crippen LogP contribution in [-0.4, -0.2) is 40.3 Å². The number of anilines is 1. The SMILES string of the molecule is Cc1cc(CN2CCC(C(=O)NC(C)(C)C)CC2)cc(NC(=O)c2cncc(C)c2)c1. The molecule has 0 saturated carbocycles. The Bertz CT molecular complexity index is 941. The van der Waals surface area contributed by atoms with E-state index in [2.05, 4.69) is 26.6 Å². The van der Waals surface area contributed by atoms with Gasteiger partial charge in [0.25, 0.3) is 5.91 Å². The van der Waals surface area contributed by atoms with Gasteiger partial charge in [-0.1, -0.05) is 6.07 Å². The number of hydrogen-bond acceptors (Lipinski definition) is 4. The molecule has 1 aliphatic heterocycles. The lowest BCUT2D eigenvalue weighted by Gasteiger charge is -2.33. The molecule has 6 heteroatoms. The Hall–Kier alpha value is -2.73. The standard InChI is InChI=1S/C25H34N4O2/c1-17-10-19(13-22(12-17)27-23(30)21-11-18(2)14-26-15-21)16-29-8-6-20(7-9-29)24(31)28-25(3,4)5/h10-15,20H,6-9,16H2,1-5H3,(H,27,30)(H,28,31). The van der Waals surface area contributed by atoms with E-state index in [0.717, 1.165) is 54.9 Å². The summed E-state index contributed by atoms with van der Waals surface area (Å²) in [6.45, 7) is 12.6. The molecule has 3 rings (SSSR count). The lowest BCUT2D eigenvalue weighted by molar-refractivity contribution is -0.127. The number of nitrogens with zero attached hydrogens (tertiary/aromatic N) is 2. The third-order valence-corrected chi connectivity index (χ3v) is 5.39. The summed E-state index contributed by atoms with van der Waals surface area (Å²) >= 11 is 0. The van der Waals surface area contributed by atoms with Gasteiger partial charge < -0.3 is 10.6 Å². The number of piperidine rings is 1. The van der Waals surface area contributed by atoms with Crippen LogP contribution in [0.4, 0.5) is 5.69 Å². The van der Waals surface area contributed by atoms with E-state index in [1.165, 1.54) is 0 Å². The summed E-state index contributed by atoms with van der Waals surface area (Å²) < 4.78 is 0. The predicted molar refractivity (Wildman–Crippen MR) is 124 cm³/mol. The van der Waals surface area contributed by atoms with Gasteiger partial charge in [-0.3, -0.25) is 19.5 Å². The van der Waals surface area contributed by atoms with Crippen LogP contribution < -0.4 is 10.6 Å². The molecule has 0 aliphatic carbocycles. The van der Waals surface area contributed by atoms with Gasteiger partial charge in [0, 0.05) is 36.1 Å². The molecule has 2 aromatic rings. The van der Waals surface area contributed by atoms with Crippen molar-refractivity contribution in [1.29, 1.82) is 0 Å². The summed E-state index contributed by atoms with van der Waals surface area (Å²) in [4.78, 5) is 31.5. The highest BCUT2D eigenvalue weighted by molar-refractivity contribution is 6.04. The van der Waals surface area contributed by atoms with Crippen LogP contribution in [0.15, 0.2) is 36.7 Å². The molecule has 1 fully saturated rings. The Morgan fingerprint density at radius 3 is 2.39 bits per heavy atom. The molecule has 0 radical (unpaired) electrons. The average Bonchev–Trinajstić information content (AvgIpc) is 2.66. The van der Waals surface area contributed by atoms with E-state index in [1.54, 1.807) is 12.4 Å². The van der Waals surface area contributed by atoms with Gasteiger partial charge in [-0.15, -0.1) is 0 Å². The van der Waals surface area contributed by atoms with E-state index in [0.29, 0.717) is 5.56 Å². The zero-order chi connectivity index (χ0) is 22.6. The van der Waals surface area contributed by atoms with Gasteiger partial charge >= 0.3 is 0 Å². The number of hydrogen-bond donors (Lipinski definition) is 2. The van der Waals surface area contributed by atoms with Gasteiger partial charge in [0.1, 0.15) is 0 Å². The molecule has 1 aliphatic rings. The number of likely N-dealkylation sites (tertiary alicyclic amines) is 1. The minimum atomic E-state index is -0.189. The molecule has 1 aromatic heterocycles. The summed E-state index contributed by atoms with van der Waals surface area (Å²) in [5, 5.41) is 6.10. The van der Waals surface area contributed by atoms with Crippen molar-refractivity contribution in [2.45, 2.75) is 59.5 Å². The average molecular weight is 423 g/mol. The first-order valence-electron chi connectivity index (χ1n) is 11.0. The lowest BCUT2D eigenvalue weighted by Crippen LogP contribution is -2.46. The summed E-state index contributed by atoms with van der Waals surface area (Å²) in [6, 6.07) is 8.00. The van der Waals surface area contributed by atoms with Gasteiger partial charge in [-0.2, -0.15) is 0 Å². The number of amides is 2. The van der Waals surface area contributed by atoms with Crippen LogP contribution >= 0.6 is 0 Å². The number of carbonyl (C=O) groups is 2. The predicted octanol–water partition coefficient (Wildman–Crippen LogP) is 4.08. The first-order chi connectivity index (χ1) is 14.6. The van der Waals surface area contributed by atoms with Crippen LogP contribution in [0.3, 0.4) is 0 Å². The van der Waals surface area contributed by atoms with Crippen molar-refractivity contribution < 1.29 is 9.59 Å². The number of nitrogens with one attached hydrogen (secondary N) is 2. The Balaban J connectivity index is 1.59. The molecule has 31 heavy (non-hydrogen) atoms. The number of rotatable bonds is 5. The highest BCUT2D eigenvalue weighted by Crippen LogP contribution is 2.22. The quantitative estimate of drug-likeness (QED) is 0.761. The third-order valence-electron chi connectivity index (χ3n) is 5.39. The van der Waals surface area contributed by atoms with E-state index in [9.17, 15) is 9.59 Å². The third kappa shape index (κ3) is 6.89. The molecule has 0 bridgehead atoms. The molecular weight excluding hydrogens is 388 g/mol. The molecule has 1 saturated heterocycles. The van der Waals surface area contributed by atoms with Crippen LogP contribution in [0.1, 0.15) is 60.7 Å². The maximum Gasteiger partial charge on any atom is 0.257 e. The first kappa shape index (κ1) is 22.9. The van der Waals surface area contributed by atoms with E-state index in [-0.39, 0.29) is 23.3 Å². The van der Waals surface area contributed by atoms with Gasteiger partial charge in [0.2, 0.25) is 5.91 Å². The first-order valence-corrected chi connectivity index (χ1v) is 11.0. The smallest absolute Gasteiger partial charge is 0.257 e. The van der Waals surface area contributed by atoms with E-state index >= 15 is 0 Å². The Morgan fingerprint density at radius 1 is 1.03 bits per heavy atom. The summed E-state index contributed by atoms with van der Waals surface area (Å²) in [5.41, 5.74) is 4.38. The van der Waals surface area contributed by atoms with Gasteiger partial charge in [0.05, 0.1) is 5.56 Å². The molecule has 6 nitrogen and oxygen atoms in total. The van der Waals surface area contributed by atoms with Gasteiger partial charge in [-0.25, -0.2) is 0 Å². The second-order valence-corrected chi connectivity index (χ2v) is 9.70. The highest BCUT2D eigenvalue weighted by atomic mass is 16.2. The number of aryl methyl sites for hydroxylation is 2. The van der Waals surface area contributed by atoms with E-state index in [1.807, 2.05) is 52.8 Å². The summed E-state index contributed by atoms with van der Waals surface area (Å²) in [5.74, 6) is 0.0996. The highest BCUT2D eigenvalue weighted by Gasteiger charge is 2.27. The molecule has 166 valence electrons. The zero-order valence-corrected chi connectivity index (χ0v) is 19.3. The fraction of sp³-hybridized carbons (Fsp3) is 0.480. The molecular formula is C25H34N4O2. The Labute approximate surface area is 185 Å². The van der Waals surface area contributed by atoms with Crippen molar-refractivity contribution in [3.8, 4) is 0 Å². The van der Waals surface area contributed by atoms with Crippen molar-refractivity contribution in [3.05, 3.63) is 58.9 Å². The maximum atomic E-state index is 12.6. The largest absolute Gasteiger partial charge is 0.351 e. The minimum absolute atomic E-state index is 0.0887. The molecule has 2 heterocycles. The number of aromatic nitrogens is 1. The van der Waals surface area contributed by atoms with Crippen molar-refractivity contribution in [3.63, 3.8) is 0 Å². The fourth-order valence-electron chi connectivity index (χ4n) is 3.99. The summed E-state index contributed by atoms with van der Waals surface area (Å²) in [7, 11) is 0. The van der Waals surface area contributed by atoms with E-state index in [4.69, 9.17) is 0 Å². The van der Waals surface area contributed by atoms with Crippen LogP contribution in [0.5, 0.6) is 0 Å². The van der Waals surface area contributed by atoms with Crippen LogP contribution in [0.25, 0.3) is 0 Å². The topological polar surface area (TPSA) is 74.3 Å². The lowest BCUT2D eigenvalue weighted by atomic mass is 9.94.